The van der Waals surface area contributed by atoms with E-state index in [4.69, 9.17) is 0 Å². The highest BCUT2D eigenvalue weighted by atomic mass is 32.1. The van der Waals surface area contributed by atoms with Crippen molar-refractivity contribution in [1.82, 2.24) is 0 Å². The predicted molar refractivity (Wildman–Crippen MR) is 62.6 cm³/mol. The van der Waals surface area contributed by atoms with E-state index in [0.717, 1.165) is 17.0 Å². The maximum atomic E-state index is 10.9. The molecule has 1 amide bonds. The second-order valence-corrected chi connectivity index (χ2v) is 4.17. The zero-order valence-corrected chi connectivity index (χ0v) is 9.57. The fourth-order valence-corrected chi connectivity index (χ4v) is 1.92. The van der Waals surface area contributed by atoms with Crippen LogP contribution in [0.25, 0.3) is 6.08 Å². The van der Waals surface area contributed by atoms with Crippen LogP contribution in [0.15, 0.2) is 17.0 Å². The minimum Gasteiger partial charge on any atom is -0.325 e. The molecule has 1 rings (SSSR count). The summed E-state index contributed by atoms with van der Waals surface area (Å²) in [6, 6.07) is 1.93. The van der Waals surface area contributed by atoms with Gasteiger partial charge in [-0.3, -0.25) is 4.79 Å². The normalized spacial score (nSPS) is 11.5. The molecule has 14 heavy (non-hydrogen) atoms. The Morgan fingerprint density at radius 1 is 1.57 bits per heavy atom. The average Bonchev–Trinajstić information content (AvgIpc) is 2.52. The number of anilines is 1. The van der Waals surface area contributed by atoms with Crippen molar-refractivity contribution < 1.29 is 4.79 Å². The number of hydrogen-bond donors (Lipinski definition) is 1. The van der Waals surface area contributed by atoms with Gasteiger partial charge in [-0.25, -0.2) is 0 Å². The van der Waals surface area contributed by atoms with Crippen LogP contribution in [0.5, 0.6) is 0 Å². The van der Waals surface area contributed by atoms with E-state index in [1.165, 1.54) is 12.5 Å². The Kier molecular flexibility index (Phi) is 3.89. The van der Waals surface area contributed by atoms with Gasteiger partial charge in [-0.1, -0.05) is 12.5 Å². The molecule has 0 atom stereocenters. The van der Waals surface area contributed by atoms with Crippen LogP contribution in [0.4, 0.5) is 5.69 Å². The first-order chi connectivity index (χ1) is 6.63. The number of rotatable bonds is 3. The Balaban J connectivity index is 2.87. The Morgan fingerprint density at radius 2 is 2.29 bits per heavy atom. The molecule has 3 heteroatoms. The molecule has 0 saturated heterocycles. The van der Waals surface area contributed by atoms with Crippen molar-refractivity contribution >= 4 is 29.0 Å². The van der Waals surface area contributed by atoms with Crippen LogP contribution in [0.3, 0.4) is 0 Å². The summed E-state index contributed by atoms with van der Waals surface area (Å²) in [4.78, 5) is 12.0. The van der Waals surface area contributed by atoms with Gasteiger partial charge in [-0.05, 0) is 30.9 Å². The summed E-state index contributed by atoms with van der Waals surface area (Å²) in [7, 11) is 0. The topological polar surface area (TPSA) is 29.1 Å². The number of nitrogens with one attached hydrogen (secondary N) is 1. The van der Waals surface area contributed by atoms with Crippen LogP contribution in [-0.4, -0.2) is 5.91 Å². The highest BCUT2D eigenvalue weighted by Gasteiger charge is 2.02. The zero-order chi connectivity index (χ0) is 10.6. The molecule has 0 saturated carbocycles. The molecule has 1 aromatic rings. The summed E-state index contributed by atoms with van der Waals surface area (Å²) >= 11 is 1.64. The van der Waals surface area contributed by atoms with Crippen molar-refractivity contribution in [3.05, 3.63) is 21.9 Å². The molecule has 0 bridgehead atoms. The molecule has 0 aliphatic heterocycles. The SMILES string of the molecule is CC/C(C)=C\c1sccc1NC(C)=O. The van der Waals surface area contributed by atoms with E-state index in [-0.39, 0.29) is 5.91 Å². The Labute approximate surface area is 88.6 Å². The number of amides is 1. The summed E-state index contributed by atoms with van der Waals surface area (Å²) in [5, 5.41) is 4.80. The molecule has 0 aliphatic rings. The lowest BCUT2D eigenvalue weighted by Gasteiger charge is -2.01. The van der Waals surface area contributed by atoms with Crippen LogP contribution in [0.1, 0.15) is 32.1 Å². The lowest BCUT2D eigenvalue weighted by atomic mass is 10.2. The van der Waals surface area contributed by atoms with Crippen molar-refractivity contribution in [2.75, 3.05) is 5.32 Å². The number of hydrogen-bond acceptors (Lipinski definition) is 2. The monoisotopic (exact) mass is 209 g/mol. The molecule has 1 heterocycles. The summed E-state index contributed by atoms with van der Waals surface area (Å²) in [5.74, 6) is -0.0211. The van der Waals surface area contributed by atoms with Gasteiger partial charge in [0.2, 0.25) is 5.91 Å². The summed E-state index contributed by atoms with van der Waals surface area (Å²) in [6.07, 6.45) is 3.16. The van der Waals surface area contributed by atoms with E-state index < -0.39 is 0 Å². The lowest BCUT2D eigenvalue weighted by molar-refractivity contribution is -0.114. The van der Waals surface area contributed by atoms with Gasteiger partial charge in [0.15, 0.2) is 0 Å². The van der Waals surface area contributed by atoms with Gasteiger partial charge < -0.3 is 5.32 Å². The van der Waals surface area contributed by atoms with Gasteiger partial charge in [0.25, 0.3) is 0 Å². The fraction of sp³-hybridized carbons (Fsp3) is 0.364. The predicted octanol–water partition coefficient (Wildman–Crippen LogP) is 3.52. The summed E-state index contributed by atoms with van der Waals surface area (Å²) in [6.45, 7) is 5.74. The molecule has 0 spiro atoms. The van der Waals surface area contributed by atoms with Gasteiger partial charge in [0, 0.05) is 6.92 Å². The van der Waals surface area contributed by atoms with Gasteiger partial charge >= 0.3 is 0 Å². The zero-order valence-electron chi connectivity index (χ0n) is 8.76. The molecule has 1 aromatic heterocycles. The van der Waals surface area contributed by atoms with Gasteiger partial charge in [-0.2, -0.15) is 0 Å². The van der Waals surface area contributed by atoms with Gasteiger partial charge in [0.1, 0.15) is 0 Å². The van der Waals surface area contributed by atoms with Crippen LogP contribution >= 0.6 is 11.3 Å². The van der Waals surface area contributed by atoms with Crippen LogP contribution in [-0.2, 0) is 4.79 Å². The molecule has 0 aromatic carbocycles. The standard InChI is InChI=1S/C11H15NOS/c1-4-8(2)7-11-10(5-6-14-11)12-9(3)13/h5-7H,4H2,1-3H3,(H,12,13)/b8-7-. The van der Waals surface area contributed by atoms with Crippen molar-refractivity contribution in [3.63, 3.8) is 0 Å². The molecule has 0 fully saturated rings. The first kappa shape index (κ1) is 11.0. The number of carbonyl (C=O) groups is 1. The van der Waals surface area contributed by atoms with Crippen molar-refractivity contribution in [2.24, 2.45) is 0 Å². The van der Waals surface area contributed by atoms with Crippen molar-refractivity contribution in [1.29, 1.82) is 0 Å². The molecule has 2 nitrogen and oxygen atoms in total. The van der Waals surface area contributed by atoms with E-state index in [2.05, 4.69) is 25.2 Å². The molecule has 0 unspecified atom stereocenters. The van der Waals surface area contributed by atoms with E-state index in [0.29, 0.717) is 0 Å². The second-order valence-electron chi connectivity index (χ2n) is 3.22. The first-order valence-electron chi connectivity index (χ1n) is 4.65. The molecule has 0 aliphatic carbocycles. The van der Waals surface area contributed by atoms with E-state index >= 15 is 0 Å². The minimum atomic E-state index is -0.0211. The number of allylic oxidation sites excluding steroid dienone is 1. The third-order valence-corrected chi connectivity index (χ3v) is 2.80. The molecule has 76 valence electrons. The molecular weight excluding hydrogens is 194 g/mol. The second kappa shape index (κ2) is 4.96. The third kappa shape index (κ3) is 3.00. The maximum absolute atomic E-state index is 10.9. The molecule has 1 N–H and O–H groups in total. The third-order valence-electron chi connectivity index (χ3n) is 1.94. The largest absolute Gasteiger partial charge is 0.325 e. The van der Waals surface area contributed by atoms with E-state index in [1.54, 1.807) is 11.3 Å². The Hall–Kier alpha value is -1.09. The summed E-state index contributed by atoms with van der Waals surface area (Å²) in [5.41, 5.74) is 2.23. The average molecular weight is 209 g/mol. The quantitative estimate of drug-likeness (QED) is 0.810. The molecule has 0 radical (unpaired) electrons. The number of thiophene rings is 1. The van der Waals surface area contributed by atoms with Crippen molar-refractivity contribution in [2.45, 2.75) is 27.2 Å². The minimum absolute atomic E-state index is 0.0211. The first-order valence-corrected chi connectivity index (χ1v) is 5.53. The fourth-order valence-electron chi connectivity index (χ4n) is 1.05. The van der Waals surface area contributed by atoms with Crippen LogP contribution in [0.2, 0.25) is 0 Å². The maximum Gasteiger partial charge on any atom is 0.221 e. The lowest BCUT2D eigenvalue weighted by Crippen LogP contribution is -2.05. The van der Waals surface area contributed by atoms with Crippen LogP contribution in [0, 0.1) is 0 Å². The van der Waals surface area contributed by atoms with E-state index in [9.17, 15) is 4.79 Å². The number of carbonyl (C=O) groups excluding carboxylic acids is 1. The van der Waals surface area contributed by atoms with Crippen LogP contribution < -0.4 is 5.32 Å². The Bertz CT molecular complexity index is 352. The summed E-state index contributed by atoms with van der Waals surface area (Å²) < 4.78 is 0. The Morgan fingerprint density at radius 3 is 2.86 bits per heavy atom. The van der Waals surface area contributed by atoms with E-state index in [1.807, 2.05) is 11.4 Å². The van der Waals surface area contributed by atoms with Crippen molar-refractivity contribution in [3.8, 4) is 0 Å². The van der Waals surface area contributed by atoms with Gasteiger partial charge in [0.05, 0.1) is 10.6 Å². The smallest absolute Gasteiger partial charge is 0.221 e. The van der Waals surface area contributed by atoms with Gasteiger partial charge in [-0.15, -0.1) is 11.3 Å². The molecular formula is C11H15NOS. The highest BCUT2D eigenvalue weighted by Crippen LogP contribution is 2.25. The highest BCUT2D eigenvalue weighted by molar-refractivity contribution is 7.11.